The Morgan fingerprint density at radius 2 is 2.15 bits per heavy atom. The largest absolute Gasteiger partial charge is 0.481 e. The normalized spacial score (nSPS) is 16.8. The maximum Gasteiger partial charge on any atom is 0.315 e. The first kappa shape index (κ1) is 14.4. The average molecular weight is 280 g/mol. The molecule has 1 saturated carbocycles. The Labute approximate surface area is 117 Å². The zero-order valence-electron chi connectivity index (χ0n) is 11.3. The lowest BCUT2D eigenvalue weighted by Crippen LogP contribution is -2.51. The van der Waals surface area contributed by atoms with Crippen molar-refractivity contribution in [2.45, 2.75) is 44.1 Å². The molecule has 2 amide bonds. The van der Waals surface area contributed by atoms with E-state index in [1.165, 1.54) is 0 Å². The van der Waals surface area contributed by atoms with Crippen LogP contribution in [-0.2, 0) is 11.2 Å². The van der Waals surface area contributed by atoms with E-state index in [9.17, 15) is 9.59 Å². The van der Waals surface area contributed by atoms with E-state index in [0.717, 1.165) is 31.5 Å². The average Bonchev–Trinajstić information content (AvgIpc) is 3.00. The van der Waals surface area contributed by atoms with Crippen LogP contribution in [-0.4, -0.2) is 39.2 Å². The molecule has 0 atom stereocenters. The summed E-state index contributed by atoms with van der Waals surface area (Å²) >= 11 is 0. The molecular weight excluding hydrogens is 260 g/mol. The zero-order chi connectivity index (χ0) is 14.4. The molecule has 1 aromatic heterocycles. The SMILES string of the molecule is O=C(O)CC1(NC(=O)NCCc2ncc[nH]2)CCCC1. The number of nitrogens with one attached hydrogen (secondary N) is 3. The van der Waals surface area contributed by atoms with Gasteiger partial charge in [0.2, 0.25) is 0 Å². The number of hydrogen-bond acceptors (Lipinski definition) is 3. The second kappa shape index (κ2) is 6.40. The number of amides is 2. The Balaban J connectivity index is 1.78. The van der Waals surface area contributed by atoms with Gasteiger partial charge in [-0.05, 0) is 12.8 Å². The fraction of sp³-hybridized carbons (Fsp3) is 0.615. The lowest BCUT2D eigenvalue weighted by molar-refractivity contribution is -0.138. The van der Waals surface area contributed by atoms with Crippen LogP contribution >= 0.6 is 0 Å². The highest BCUT2D eigenvalue weighted by Crippen LogP contribution is 2.32. The van der Waals surface area contributed by atoms with E-state index in [0.29, 0.717) is 13.0 Å². The van der Waals surface area contributed by atoms with Crippen LogP contribution in [0.1, 0.15) is 37.9 Å². The quantitative estimate of drug-likeness (QED) is 0.624. The molecule has 2 rings (SSSR count). The number of carbonyl (C=O) groups excluding carboxylic acids is 1. The molecule has 0 saturated heterocycles. The summed E-state index contributed by atoms with van der Waals surface area (Å²) in [6.45, 7) is 0.461. The van der Waals surface area contributed by atoms with Gasteiger partial charge < -0.3 is 20.7 Å². The van der Waals surface area contributed by atoms with Gasteiger partial charge in [-0.2, -0.15) is 0 Å². The zero-order valence-corrected chi connectivity index (χ0v) is 11.3. The molecule has 4 N–H and O–H groups in total. The van der Waals surface area contributed by atoms with Crippen LogP contribution in [0.4, 0.5) is 4.79 Å². The fourth-order valence-corrected chi connectivity index (χ4v) is 2.70. The Bertz CT molecular complexity index is 452. The van der Waals surface area contributed by atoms with Gasteiger partial charge >= 0.3 is 12.0 Å². The third kappa shape index (κ3) is 3.97. The summed E-state index contributed by atoms with van der Waals surface area (Å²) in [5.41, 5.74) is -0.583. The van der Waals surface area contributed by atoms with Crippen molar-refractivity contribution in [2.75, 3.05) is 6.54 Å². The van der Waals surface area contributed by atoms with Gasteiger partial charge in [0.25, 0.3) is 0 Å². The van der Waals surface area contributed by atoms with Crippen LogP contribution in [0, 0.1) is 0 Å². The number of imidazole rings is 1. The first-order valence-electron chi connectivity index (χ1n) is 6.86. The second-order valence-electron chi connectivity index (χ2n) is 5.22. The summed E-state index contributed by atoms with van der Waals surface area (Å²) in [6, 6.07) is -0.306. The van der Waals surface area contributed by atoms with Gasteiger partial charge in [0, 0.05) is 25.4 Å². The van der Waals surface area contributed by atoms with Gasteiger partial charge in [-0.3, -0.25) is 4.79 Å². The molecular formula is C13H20N4O3. The lowest BCUT2D eigenvalue weighted by Gasteiger charge is -2.28. The van der Waals surface area contributed by atoms with Crippen LogP contribution in [0.15, 0.2) is 12.4 Å². The minimum absolute atomic E-state index is 0.0153. The van der Waals surface area contributed by atoms with Gasteiger partial charge in [0.15, 0.2) is 0 Å². The first-order chi connectivity index (χ1) is 9.60. The number of rotatable bonds is 6. The molecule has 0 bridgehead atoms. The Kier molecular flexibility index (Phi) is 4.60. The monoisotopic (exact) mass is 280 g/mol. The molecule has 0 aromatic carbocycles. The molecule has 1 aliphatic rings. The Morgan fingerprint density at radius 1 is 1.40 bits per heavy atom. The predicted molar refractivity (Wildman–Crippen MR) is 72.3 cm³/mol. The number of H-pyrrole nitrogens is 1. The molecule has 0 spiro atoms. The smallest absolute Gasteiger partial charge is 0.315 e. The summed E-state index contributed by atoms with van der Waals surface area (Å²) in [7, 11) is 0. The van der Waals surface area contributed by atoms with Crippen LogP contribution in [0.3, 0.4) is 0 Å². The highest BCUT2D eigenvalue weighted by molar-refractivity contribution is 5.76. The highest BCUT2D eigenvalue weighted by Gasteiger charge is 2.37. The molecule has 0 radical (unpaired) electrons. The van der Waals surface area contributed by atoms with Crippen LogP contribution in [0.5, 0.6) is 0 Å². The number of nitrogens with zero attached hydrogens (tertiary/aromatic N) is 1. The molecule has 1 aliphatic carbocycles. The number of hydrogen-bond donors (Lipinski definition) is 4. The van der Waals surface area contributed by atoms with E-state index in [-0.39, 0.29) is 12.5 Å². The number of aliphatic carboxylic acids is 1. The molecule has 1 fully saturated rings. The van der Waals surface area contributed by atoms with Gasteiger partial charge in [-0.25, -0.2) is 9.78 Å². The Morgan fingerprint density at radius 3 is 2.75 bits per heavy atom. The lowest BCUT2D eigenvalue weighted by atomic mass is 9.93. The molecule has 7 nitrogen and oxygen atoms in total. The third-order valence-electron chi connectivity index (χ3n) is 3.63. The number of aromatic amines is 1. The third-order valence-corrected chi connectivity index (χ3v) is 3.63. The highest BCUT2D eigenvalue weighted by atomic mass is 16.4. The van der Waals surface area contributed by atoms with Crippen LogP contribution < -0.4 is 10.6 Å². The summed E-state index contributed by atoms with van der Waals surface area (Å²) in [6.07, 6.45) is 7.37. The predicted octanol–water partition coefficient (Wildman–Crippen LogP) is 1.04. The Hall–Kier alpha value is -2.05. The van der Waals surface area contributed by atoms with Crippen LogP contribution in [0.2, 0.25) is 0 Å². The molecule has 0 aliphatic heterocycles. The summed E-state index contributed by atoms with van der Waals surface area (Å²) in [5, 5.41) is 14.6. The van der Waals surface area contributed by atoms with E-state index >= 15 is 0 Å². The van der Waals surface area contributed by atoms with E-state index in [4.69, 9.17) is 5.11 Å². The van der Waals surface area contributed by atoms with Crippen molar-refractivity contribution >= 4 is 12.0 Å². The number of carbonyl (C=O) groups is 2. The number of carboxylic acids is 1. The van der Waals surface area contributed by atoms with Crippen LogP contribution in [0.25, 0.3) is 0 Å². The molecule has 110 valence electrons. The summed E-state index contributed by atoms with van der Waals surface area (Å²) in [5.74, 6) is -0.0609. The van der Waals surface area contributed by atoms with Crippen molar-refractivity contribution < 1.29 is 14.7 Å². The van der Waals surface area contributed by atoms with Crippen molar-refractivity contribution in [3.8, 4) is 0 Å². The van der Waals surface area contributed by atoms with Crippen molar-refractivity contribution in [1.82, 2.24) is 20.6 Å². The fourth-order valence-electron chi connectivity index (χ4n) is 2.70. The standard InChI is InChI=1S/C13H20N4O3/c18-11(19)9-13(4-1-2-5-13)17-12(20)16-6-3-10-14-7-8-15-10/h7-8H,1-6,9H2,(H,14,15)(H,18,19)(H2,16,17,20). The molecule has 7 heteroatoms. The molecule has 1 heterocycles. The van der Waals surface area contributed by atoms with E-state index in [1.54, 1.807) is 12.4 Å². The van der Waals surface area contributed by atoms with Crippen molar-refractivity contribution in [1.29, 1.82) is 0 Å². The first-order valence-corrected chi connectivity index (χ1v) is 6.86. The van der Waals surface area contributed by atoms with E-state index in [1.807, 2.05) is 0 Å². The van der Waals surface area contributed by atoms with Gasteiger partial charge in [0.05, 0.1) is 12.0 Å². The molecule has 1 aromatic rings. The minimum Gasteiger partial charge on any atom is -0.481 e. The number of aromatic nitrogens is 2. The minimum atomic E-state index is -0.872. The number of urea groups is 1. The summed E-state index contributed by atoms with van der Waals surface area (Å²) < 4.78 is 0. The van der Waals surface area contributed by atoms with E-state index < -0.39 is 11.5 Å². The molecule has 20 heavy (non-hydrogen) atoms. The second-order valence-corrected chi connectivity index (χ2v) is 5.22. The van der Waals surface area contributed by atoms with Crippen molar-refractivity contribution in [3.63, 3.8) is 0 Å². The van der Waals surface area contributed by atoms with Gasteiger partial charge in [0.1, 0.15) is 5.82 Å². The van der Waals surface area contributed by atoms with Crippen molar-refractivity contribution in [3.05, 3.63) is 18.2 Å². The topological polar surface area (TPSA) is 107 Å². The summed E-state index contributed by atoms with van der Waals surface area (Å²) in [4.78, 5) is 29.8. The van der Waals surface area contributed by atoms with Gasteiger partial charge in [-0.15, -0.1) is 0 Å². The van der Waals surface area contributed by atoms with Gasteiger partial charge in [-0.1, -0.05) is 12.8 Å². The molecule has 0 unspecified atom stereocenters. The maximum absolute atomic E-state index is 11.9. The van der Waals surface area contributed by atoms with Crippen molar-refractivity contribution in [2.24, 2.45) is 0 Å². The maximum atomic E-state index is 11.9. The number of carboxylic acid groups (broad SMARTS) is 1. The van der Waals surface area contributed by atoms with E-state index in [2.05, 4.69) is 20.6 Å².